The number of thioether (sulfide) groups is 1. The summed E-state index contributed by atoms with van der Waals surface area (Å²) < 4.78 is 0. The lowest BCUT2D eigenvalue weighted by molar-refractivity contribution is 0.833. The van der Waals surface area contributed by atoms with Crippen molar-refractivity contribution >= 4 is 29.2 Å². The Kier molecular flexibility index (Phi) is 5.59. The first-order valence-corrected chi connectivity index (χ1v) is 9.35. The fraction of sp³-hybridized carbons (Fsp3) is 0.444. The van der Waals surface area contributed by atoms with Gasteiger partial charge in [-0.1, -0.05) is 39.8 Å². The van der Waals surface area contributed by atoms with Gasteiger partial charge in [0.25, 0.3) is 0 Å². The van der Waals surface area contributed by atoms with Crippen LogP contribution in [-0.4, -0.2) is 16.2 Å². The molecule has 1 aromatic carbocycles. The quantitative estimate of drug-likeness (QED) is 0.433. The highest BCUT2D eigenvalue weighted by molar-refractivity contribution is 7.98. The van der Waals surface area contributed by atoms with Crippen LogP contribution in [0, 0.1) is 0 Å². The summed E-state index contributed by atoms with van der Waals surface area (Å²) in [6, 6.07) is 4.34. The lowest BCUT2D eigenvalue weighted by Gasteiger charge is -2.19. The Bertz CT molecular complexity index is 711. The van der Waals surface area contributed by atoms with Gasteiger partial charge in [-0.05, 0) is 34.8 Å². The third kappa shape index (κ3) is 3.75. The molecule has 0 saturated carbocycles. The number of rotatable bonds is 5. The van der Waals surface area contributed by atoms with Gasteiger partial charge in [0.2, 0.25) is 5.95 Å². The molecule has 0 atom stereocenters. The zero-order valence-electron chi connectivity index (χ0n) is 15.1. The number of benzene rings is 1. The predicted molar refractivity (Wildman–Crippen MR) is 104 cm³/mol. The van der Waals surface area contributed by atoms with Crippen LogP contribution >= 0.6 is 11.8 Å². The molecule has 0 amide bonds. The second-order valence-electron chi connectivity index (χ2n) is 6.63. The number of hydrogen-bond acceptors (Lipinski definition) is 6. The van der Waals surface area contributed by atoms with Crippen LogP contribution in [0.25, 0.3) is 0 Å². The van der Waals surface area contributed by atoms with Crippen LogP contribution in [-0.2, 0) is 6.42 Å². The molecule has 1 heterocycles. The van der Waals surface area contributed by atoms with E-state index in [0.717, 1.165) is 16.3 Å². The van der Waals surface area contributed by atoms with E-state index in [4.69, 9.17) is 17.2 Å². The number of anilines is 3. The second kappa shape index (κ2) is 7.30. The van der Waals surface area contributed by atoms with Crippen molar-refractivity contribution in [3.05, 3.63) is 34.4 Å². The van der Waals surface area contributed by atoms with Gasteiger partial charge in [0.1, 0.15) is 10.8 Å². The summed E-state index contributed by atoms with van der Waals surface area (Å²) >= 11 is 1.53. The van der Waals surface area contributed by atoms with Gasteiger partial charge >= 0.3 is 0 Å². The average Bonchev–Trinajstić information content (AvgIpc) is 2.50. The van der Waals surface area contributed by atoms with E-state index in [-0.39, 0.29) is 5.95 Å². The molecule has 2 rings (SSSR count). The molecule has 0 aliphatic carbocycles. The molecule has 6 heteroatoms. The fourth-order valence-corrected chi connectivity index (χ4v) is 3.46. The van der Waals surface area contributed by atoms with Crippen molar-refractivity contribution in [3.63, 3.8) is 0 Å². The van der Waals surface area contributed by atoms with Crippen LogP contribution in [0.15, 0.2) is 17.2 Å². The van der Waals surface area contributed by atoms with Crippen molar-refractivity contribution in [1.29, 1.82) is 0 Å². The van der Waals surface area contributed by atoms with Crippen LogP contribution in [0.4, 0.5) is 17.5 Å². The molecule has 24 heavy (non-hydrogen) atoms. The SMILES string of the molecule is CSc1nc(N)nc(N)c1Cc1cc(C(C)C)c(N)c(C(C)C)c1. The largest absolute Gasteiger partial charge is 0.398 e. The Morgan fingerprint density at radius 3 is 1.96 bits per heavy atom. The van der Waals surface area contributed by atoms with Crippen molar-refractivity contribution in [2.24, 2.45) is 0 Å². The first kappa shape index (κ1) is 18.4. The van der Waals surface area contributed by atoms with E-state index < -0.39 is 0 Å². The van der Waals surface area contributed by atoms with E-state index in [1.807, 2.05) is 6.26 Å². The Balaban J connectivity index is 2.55. The fourth-order valence-electron chi connectivity index (χ4n) is 2.86. The third-order valence-corrected chi connectivity index (χ3v) is 4.86. The minimum Gasteiger partial charge on any atom is -0.398 e. The van der Waals surface area contributed by atoms with Crippen LogP contribution in [0.1, 0.15) is 61.8 Å². The van der Waals surface area contributed by atoms with Gasteiger partial charge in [-0.2, -0.15) is 4.98 Å². The Morgan fingerprint density at radius 1 is 0.958 bits per heavy atom. The minimum absolute atomic E-state index is 0.212. The van der Waals surface area contributed by atoms with E-state index >= 15 is 0 Å². The van der Waals surface area contributed by atoms with E-state index in [9.17, 15) is 0 Å². The molecular weight excluding hydrogens is 318 g/mol. The molecule has 130 valence electrons. The maximum Gasteiger partial charge on any atom is 0.223 e. The van der Waals surface area contributed by atoms with Crippen molar-refractivity contribution in [2.75, 3.05) is 23.5 Å². The van der Waals surface area contributed by atoms with Gasteiger partial charge < -0.3 is 17.2 Å². The van der Waals surface area contributed by atoms with Gasteiger partial charge in [0.15, 0.2) is 0 Å². The lowest BCUT2D eigenvalue weighted by atomic mass is 9.89. The second-order valence-corrected chi connectivity index (χ2v) is 7.42. The normalized spacial score (nSPS) is 11.5. The maximum absolute atomic E-state index is 6.38. The molecule has 5 nitrogen and oxygen atoms in total. The number of nitrogen functional groups attached to an aromatic ring is 3. The van der Waals surface area contributed by atoms with Crippen molar-refractivity contribution in [2.45, 2.75) is 51.0 Å². The smallest absolute Gasteiger partial charge is 0.223 e. The molecule has 0 spiro atoms. The number of aromatic nitrogens is 2. The highest BCUT2D eigenvalue weighted by Crippen LogP contribution is 2.33. The van der Waals surface area contributed by atoms with Gasteiger partial charge in [-0.15, -0.1) is 11.8 Å². The standard InChI is InChI=1S/C18H27N5S/c1-9(2)12-6-11(7-13(10(3)4)15(12)19)8-14-16(20)22-18(21)23-17(14)24-5/h6-7,9-10H,8,19H2,1-5H3,(H4,20,21,22,23). The molecule has 0 radical (unpaired) electrons. The molecule has 0 unspecified atom stereocenters. The summed E-state index contributed by atoms with van der Waals surface area (Å²) in [5.74, 6) is 1.38. The summed E-state index contributed by atoms with van der Waals surface area (Å²) in [6.45, 7) is 8.64. The molecule has 0 aliphatic rings. The predicted octanol–water partition coefficient (Wildman–Crippen LogP) is 3.78. The van der Waals surface area contributed by atoms with Gasteiger partial charge in [-0.25, -0.2) is 4.98 Å². The molecule has 6 N–H and O–H groups in total. The highest BCUT2D eigenvalue weighted by atomic mass is 32.2. The third-order valence-electron chi connectivity index (χ3n) is 4.14. The zero-order valence-corrected chi connectivity index (χ0v) is 15.9. The van der Waals surface area contributed by atoms with E-state index in [1.165, 1.54) is 28.5 Å². The number of nitrogens with zero attached hydrogens (tertiary/aromatic N) is 2. The Hall–Kier alpha value is -1.95. The monoisotopic (exact) mass is 345 g/mol. The van der Waals surface area contributed by atoms with E-state index in [2.05, 4.69) is 49.8 Å². The summed E-state index contributed by atoms with van der Waals surface area (Å²) in [6.07, 6.45) is 2.63. The number of hydrogen-bond donors (Lipinski definition) is 3. The first-order valence-electron chi connectivity index (χ1n) is 8.12. The lowest BCUT2D eigenvalue weighted by Crippen LogP contribution is -2.09. The van der Waals surface area contributed by atoms with Gasteiger partial charge in [0.05, 0.1) is 0 Å². The minimum atomic E-state index is 0.212. The van der Waals surface area contributed by atoms with Crippen LogP contribution in [0.3, 0.4) is 0 Å². The molecule has 2 aromatic rings. The molecule has 0 fully saturated rings. The van der Waals surface area contributed by atoms with Crippen LogP contribution in [0.5, 0.6) is 0 Å². The maximum atomic E-state index is 6.38. The highest BCUT2D eigenvalue weighted by Gasteiger charge is 2.16. The number of nitrogens with two attached hydrogens (primary N) is 3. The zero-order chi connectivity index (χ0) is 18.0. The molecule has 0 aliphatic heterocycles. The Labute approximate surface area is 148 Å². The van der Waals surface area contributed by atoms with E-state index in [0.29, 0.717) is 24.1 Å². The first-order chi connectivity index (χ1) is 11.2. The average molecular weight is 346 g/mol. The van der Waals surface area contributed by atoms with Crippen LogP contribution < -0.4 is 17.2 Å². The van der Waals surface area contributed by atoms with E-state index in [1.54, 1.807) is 0 Å². The van der Waals surface area contributed by atoms with Crippen molar-refractivity contribution in [1.82, 2.24) is 9.97 Å². The van der Waals surface area contributed by atoms with Gasteiger partial charge in [0, 0.05) is 17.7 Å². The Morgan fingerprint density at radius 2 is 1.50 bits per heavy atom. The molecule has 0 bridgehead atoms. The summed E-state index contributed by atoms with van der Waals surface area (Å²) in [4.78, 5) is 8.42. The summed E-state index contributed by atoms with van der Waals surface area (Å²) in [7, 11) is 0. The van der Waals surface area contributed by atoms with Gasteiger partial charge in [-0.3, -0.25) is 0 Å². The summed E-state index contributed by atoms with van der Waals surface area (Å²) in [5.41, 5.74) is 23.5. The molecular formula is C18H27N5S. The van der Waals surface area contributed by atoms with Crippen LogP contribution in [0.2, 0.25) is 0 Å². The topological polar surface area (TPSA) is 104 Å². The summed E-state index contributed by atoms with van der Waals surface area (Å²) in [5, 5.41) is 0.828. The van der Waals surface area contributed by atoms with Crippen molar-refractivity contribution in [3.8, 4) is 0 Å². The molecule has 0 saturated heterocycles. The molecule has 1 aromatic heterocycles. The van der Waals surface area contributed by atoms with Crippen molar-refractivity contribution < 1.29 is 0 Å².